The quantitative estimate of drug-likeness (QED) is 0.544. The van der Waals surface area contributed by atoms with Gasteiger partial charge >= 0.3 is 0 Å². The molecule has 1 saturated carbocycles. The van der Waals surface area contributed by atoms with Crippen LogP contribution in [-0.4, -0.2) is 30.3 Å². The molecule has 0 aromatic rings. The molecule has 1 saturated heterocycles. The predicted octanol–water partition coefficient (Wildman–Crippen LogP) is 1.63. The molecule has 6 heteroatoms. The van der Waals surface area contributed by atoms with Crippen molar-refractivity contribution in [3.8, 4) is 0 Å². The minimum Gasteiger partial charge on any atom is -0.376 e. The number of amides is 1. The number of hydrazine groups is 1. The average Bonchev–Trinajstić information content (AvgIpc) is 2.97. The summed E-state index contributed by atoms with van der Waals surface area (Å²) in [4.78, 5) is 11.8. The van der Waals surface area contributed by atoms with E-state index in [-0.39, 0.29) is 12.0 Å². The van der Waals surface area contributed by atoms with E-state index in [2.05, 4.69) is 16.2 Å². The Kier molecular flexibility index (Phi) is 6.53. The highest BCUT2D eigenvalue weighted by Gasteiger charge is 2.17. The molecule has 0 aromatic heterocycles. The zero-order valence-electron chi connectivity index (χ0n) is 12.0. The molecule has 114 valence electrons. The number of rotatable bonds is 4. The maximum atomic E-state index is 11.8. The van der Waals surface area contributed by atoms with Gasteiger partial charge in [0.1, 0.15) is 0 Å². The van der Waals surface area contributed by atoms with E-state index in [4.69, 9.17) is 17.0 Å². The lowest BCUT2D eigenvalue weighted by atomic mass is 9.87. The largest absolute Gasteiger partial charge is 0.376 e. The van der Waals surface area contributed by atoms with E-state index in [1.54, 1.807) is 0 Å². The lowest BCUT2D eigenvalue weighted by molar-refractivity contribution is -0.122. The Hall–Kier alpha value is -0.880. The predicted molar refractivity (Wildman–Crippen MR) is 82.0 cm³/mol. The van der Waals surface area contributed by atoms with Crippen molar-refractivity contribution < 1.29 is 9.53 Å². The molecule has 2 aliphatic rings. The molecule has 1 unspecified atom stereocenters. The number of hydrogen-bond donors (Lipinski definition) is 3. The van der Waals surface area contributed by atoms with E-state index < -0.39 is 0 Å². The fraction of sp³-hybridized carbons (Fsp3) is 0.857. The van der Waals surface area contributed by atoms with Gasteiger partial charge in [-0.15, -0.1) is 0 Å². The third kappa shape index (κ3) is 5.63. The first kappa shape index (κ1) is 15.5. The highest BCUT2D eigenvalue weighted by atomic mass is 32.1. The first-order valence-corrected chi connectivity index (χ1v) is 8.09. The van der Waals surface area contributed by atoms with Gasteiger partial charge in [-0.2, -0.15) is 0 Å². The number of thiocarbonyl (C=S) groups is 1. The van der Waals surface area contributed by atoms with E-state index >= 15 is 0 Å². The zero-order valence-corrected chi connectivity index (χ0v) is 12.8. The van der Waals surface area contributed by atoms with E-state index in [9.17, 15) is 4.79 Å². The van der Waals surface area contributed by atoms with Crippen molar-refractivity contribution in [1.82, 2.24) is 16.2 Å². The number of hydrogen-bond acceptors (Lipinski definition) is 3. The first-order chi connectivity index (χ1) is 9.74. The summed E-state index contributed by atoms with van der Waals surface area (Å²) < 4.78 is 5.49. The summed E-state index contributed by atoms with van der Waals surface area (Å²) in [6.45, 7) is 1.54. The van der Waals surface area contributed by atoms with E-state index in [0.717, 1.165) is 19.4 Å². The molecular formula is C14H25N3O2S. The third-order valence-corrected chi connectivity index (χ3v) is 4.27. The molecule has 0 spiro atoms. The summed E-state index contributed by atoms with van der Waals surface area (Å²) in [5, 5.41) is 3.52. The average molecular weight is 299 g/mol. The van der Waals surface area contributed by atoms with Crippen LogP contribution in [0.2, 0.25) is 0 Å². The number of carbonyl (C=O) groups excluding carboxylic acids is 1. The van der Waals surface area contributed by atoms with Gasteiger partial charge in [-0.25, -0.2) is 0 Å². The van der Waals surface area contributed by atoms with E-state index in [1.807, 2.05) is 0 Å². The highest BCUT2D eigenvalue weighted by Crippen LogP contribution is 2.25. The van der Waals surface area contributed by atoms with Crippen molar-refractivity contribution >= 4 is 23.2 Å². The van der Waals surface area contributed by atoms with Gasteiger partial charge in [-0.3, -0.25) is 15.6 Å². The van der Waals surface area contributed by atoms with Gasteiger partial charge in [0.25, 0.3) is 0 Å². The van der Waals surface area contributed by atoms with E-state index in [0.29, 0.717) is 24.0 Å². The van der Waals surface area contributed by atoms with Crippen LogP contribution in [0, 0.1) is 5.92 Å². The maximum absolute atomic E-state index is 11.8. The number of carbonyl (C=O) groups is 1. The van der Waals surface area contributed by atoms with Crippen molar-refractivity contribution in [2.45, 2.75) is 57.5 Å². The van der Waals surface area contributed by atoms with Gasteiger partial charge < -0.3 is 10.1 Å². The van der Waals surface area contributed by atoms with Crippen molar-refractivity contribution in [1.29, 1.82) is 0 Å². The lowest BCUT2D eigenvalue weighted by Gasteiger charge is -2.21. The normalized spacial score (nSPS) is 23.3. The third-order valence-electron chi connectivity index (χ3n) is 4.03. The fourth-order valence-electron chi connectivity index (χ4n) is 2.89. The standard InChI is InChI=1S/C14H25N3O2S/c18-13(9-11-5-2-1-3-6-11)16-17-14(20)15-10-12-7-4-8-19-12/h11-12H,1-10H2,(H,16,18)(H2,15,17,20). The van der Waals surface area contributed by atoms with Gasteiger partial charge in [-0.1, -0.05) is 19.3 Å². The molecule has 2 fully saturated rings. The van der Waals surface area contributed by atoms with Crippen LogP contribution < -0.4 is 16.2 Å². The molecule has 5 nitrogen and oxygen atoms in total. The molecule has 1 amide bonds. The Morgan fingerprint density at radius 1 is 1.10 bits per heavy atom. The van der Waals surface area contributed by atoms with Gasteiger partial charge in [-0.05, 0) is 43.8 Å². The summed E-state index contributed by atoms with van der Waals surface area (Å²) in [5.41, 5.74) is 5.43. The molecule has 1 aliphatic heterocycles. The summed E-state index contributed by atoms with van der Waals surface area (Å²) in [7, 11) is 0. The Morgan fingerprint density at radius 2 is 1.90 bits per heavy atom. The van der Waals surface area contributed by atoms with Crippen molar-refractivity contribution in [3.05, 3.63) is 0 Å². The van der Waals surface area contributed by atoms with Crippen LogP contribution in [0.4, 0.5) is 0 Å². The maximum Gasteiger partial charge on any atom is 0.238 e. The smallest absolute Gasteiger partial charge is 0.238 e. The second kappa shape index (κ2) is 8.42. The summed E-state index contributed by atoms with van der Waals surface area (Å²) in [6, 6.07) is 0. The van der Waals surface area contributed by atoms with Crippen molar-refractivity contribution in [2.75, 3.05) is 13.2 Å². The van der Waals surface area contributed by atoms with Crippen LogP contribution in [-0.2, 0) is 9.53 Å². The van der Waals surface area contributed by atoms with Crippen LogP contribution in [0.1, 0.15) is 51.4 Å². The SMILES string of the molecule is O=C(CC1CCCCC1)NNC(=S)NCC1CCCO1. The molecular weight excluding hydrogens is 274 g/mol. The van der Waals surface area contributed by atoms with Crippen LogP contribution in [0.15, 0.2) is 0 Å². The molecule has 0 radical (unpaired) electrons. The molecule has 1 atom stereocenters. The molecule has 3 N–H and O–H groups in total. The molecule has 1 aliphatic carbocycles. The number of nitrogens with one attached hydrogen (secondary N) is 3. The molecule has 2 rings (SSSR count). The minimum absolute atomic E-state index is 0.0261. The van der Waals surface area contributed by atoms with Gasteiger partial charge in [0.2, 0.25) is 5.91 Å². The van der Waals surface area contributed by atoms with E-state index in [1.165, 1.54) is 32.1 Å². The summed E-state index contributed by atoms with van der Waals surface area (Å²) >= 11 is 5.12. The molecule has 0 bridgehead atoms. The summed E-state index contributed by atoms with van der Waals surface area (Å²) in [5.74, 6) is 0.567. The van der Waals surface area contributed by atoms with Crippen LogP contribution in [0.5, 0.6) is 0 Å². The van der Waals surface area contributed by atoms with Crippen LogP contribution >= 0.6 is 12.2 Å². The second-order valence-electron chi connectivity index (χ2n) is 5.73. The monoisotopic (exact) mass is 299 g/mol. The number of ether oxygens (including phenoxy) is 1. The van der Waals surface area contributed by atoms with Crippen molar-refractivity contribution in [3.63, 3.8) is 0 Å². The summed E-state index contributed by atoms with van der Waals surface area (Å²) in [6.07, 6.45) is 9.21. The van der Waals surface area contributed by atoms with Crippen molar-refractivity contribution in [2.24, 2.45) is 5.92 Å². The van der Waals surface area contributed by atoms with Gasteiger partial charge in [0.15, 0.2) is 5.11 Å². The Bertz CT molecular complexity index is 326. The fourth-order valence-corrected chi connectivity index (χ4v) is 3.02. The van der Waals surface area contributed by atoms with Gasteiger partial charge in [0.05, 0.1) is 6.10 Å². The molecule has 20 heavy (non-hydrogen) atoms. The van der Waals surface area contributed by atoms with Crippen LogP contribution in [0.3, 0.4) is 0 Å². The Balaban J connectivity index is 1.53. The topological polar surface area (TPSA) is 62.4 Å². The van der Waals surface area contributed by atoms with Crippen LogP contribution in [0.25, 0.3) is 0 Å². The zero-order chi connectivity index (χ0) is 14.2. The minimum atomic E-state index is 0.0261. The lowest BCUT2D eigenvalue weighted by Crippen LogP contribution is -2.48. The highest BCUT2D eigenvalue weighted by molar-refractivity contribution is 7.80. The molecule has 0 aromatic carbocycles. The van der Waals surface area contributed by atoms with Gasteiger partial charge in [0, 0.05) is 19.6 Å². The Labute approximate surface area is 126 Å². The second-order valence-corrected chi connectivity index (χ2v) is 6.13. The first-order valence-electron chi connectivity index (χ1n) is 7.68. The Morgan fingerprint density at radius 3 is 2.60 bits per heavy atom. The molecule has 1 heterocycles.